The molecule has 6 rings (SSSR count). The molecular formula is C39H47N3O4. The molecule has 3 aromatic carbocycles. The Labute approximate surface area is 274 Å². The molecule has 0 bridgehead atoms. The van der Waals surface area contributed by atoms with Crippen LogP contribution in [-0.4, -0.2) is 67.4 Å². The Morgan fingerprint density at radius 3 is 2.30 bits per heavy atom. The molecule has 1 fully saturated rings. The summed E-state index contributed by atoms with van der Waals surface area (Å²) in [6.45, 7) is 11.7. The molecule has 0 N–H and O–H groups in total. The van der Waals surface area contributed by atoms with E-state index in [1.165, 1.54) is 22.4 Å². The number of rotatable bonds is 9. The quantitative estimate of drug-likeness (QED) is 0.248. The topological polar surface area (TPSA) is 54.5 Å². The second-order valence-electron chi connectivity index (χ2n) is 13.4. The second-order valence-corrected chi connectivity index (χ2v) is 13.4. The van der Waals surface area contributed by atoms with Crippen molar-refractivity contribution >= 4 is 11.8 Å². The van der Waals surface area contributed by atoms with Crippen LogP contribution in [0.25, 0.3) is 0 Å². The standard InChI is InChI=1S/C39H47N3O4/c1-39(2,3)46-38(43)41-24-22-40(23-25-41)26-27-44-34-16-14-31(15-17-34)37-36-19-18-35(45-29-30-10-6-4-7-11-30)28-32(36)20-21-42(37)33-12-8-5-9-13-33/h4-14,16-19,28,31,37H,15,20-27,29H2,1-3H3. The van der Waals surface area contributed by atoms with Crippen LogP contribution >= 0.6 is 0 Å². The number of hydrogen-bond donors (Lipinski definition) is 0. The van der Waals surface area contributed by atoms with Crippen LogP contribution in [0.2, 0.25) is 0 Å². The van der Waals surface area contributed by atoms with E-state index in [9.17, 15) is 4.79 Å². The van der Waals surface area contributed by atoms with Crippen LogP contribution in [0.5, 0.6) is 5.75 Å². The Hall–Kier alpha value is -4.23. The number of fused-ring (bicyclic) bond motifs is 1. The highest BCUT2D eigenvalue weighted by Gasteiger charge is 2.34. The molecule has 2 atom stereocenters. The van der Waals surface area contributed by atoms with E-state index in [2.05, 4.69) is 88.7 Å². The molecule has 7 nitrogen and oxygen atoms in total. The number of ether oxygens (including phenoxy) is 3. The number of carbonyl (C=O) groups excluding carboxylic acids is 1. The van der Waals surface area contributed by atoms with Gasteiger partial charge in [-0.25, -0.2) is 4.79 Å². The van der Waals surface area contributed by atoms with Gasteiger partial charge in [0.05, 0.1) is 6.04 Å². The average Bonchev–Trinajstić information content (AvgIpc) is 3.07. The number of anilines is 1. The third-order valence-corrected chi connectivity index (χ3v) is 8.93. The number of allylic oxidation sites excluding steroid dienone is 2. The summed E-state index contributed by atoms with van der Waals surface area (Å²) in [4.78, 5) is 19.1. The van der Waals surface area contributed by atoms with Gasteiger partial charge in [0.1, 0.15) is 30.3 Å². The smallest absolute Gasteiger partial charge is 0.410 e. The molecule has 0 radical (unpaired) electrons. The summed E-state index contributed by atoms with van der Waals surface area (Å²) in [6, 6.07) is 28.0. The lowest BCUT2D eigenvalue weighted by molar-refractivity contribution is 0.0130. The average molecular weight is 622 g/mol. The SMILES string of the molecule is CC(C)(C)OC(=O)N1CCN(CCOC2=CCC(C3c4ccc(OCc5ccccc5)cc4CCN3c3ccccc3)C=C2)CC1. The van der Waals surface area contributed by atoms with Crippen molar-refractivity contribution in [3.05, 3.63) is 120 Å². The molecule has 1 saturated heterocycles. The van der Waals surface area contributed by atoms with Gasteiger partial charge < -0.3 is 24.0 Å². The van der Waals surface area contributed by atoms with Crippen LogP contribution in [-0.2, 0) is 22.5 Å². The lowest BCUT2D eigenvalue weighted by Gasteiger charge is -2.43. The van der Waals surface area contributed by atoms with Crippen LogP contribution < -0.4 is 9.64 Å². The van der Waals surface area contributed by atoms with Gasteiger partial charge in [0.25, 0.3) is 0 Å². The van der Waals surface area contributed by atoms with Crippen molar-refractivity contribution in [2.24, 2.45) is 5.92 Å². The first-order valence-corrected chi connectivity index (χ1v) is 16.6. The predicted molar refractivity (Wildman–Crippen MR) is 183 cm³/mol. The summed E-state index contributed by atoms with van der Waals surface area (Å²) < 4.78 is 17.9. The minimum Gasteiger partial charge on any atom is -0.493 e. The lowest BCUT2D eigenvalue weighted by Crippen LogP contribution is -2.50. The highest BCUT2D eigenvalue weighted by atomic mass is 16.6. The maximum Gasteiger partial charge on any atom is 0.410 e. The maximum atomic E-state index is 12.4. The van der Waals surface area contributed by atoms with Crippen LogP contribution in [0, 0.1) is 5.92 Å². The monoisotopic (exact) mass is 621 g/mol. The van der Waals surface area contributed by atoms with E-state index in [1.54, 1.807) is 4.90 Å². The summed E-state index contributed by atoms with van der Waals surface area (Å²) in [7, 11) is 0. The van der Waals surface area contributed by atoms with Gasteiger partial charge in [-0.05, 0) is 86.7 Å². The molecule has 0 aromatic heterocycles. The van der Waals surface area contributed by atoms with E-state index in [1.807, 2.05) is 39.0 Å². The number of para-hydroxylation sites is 1. The van der Waals surface area contributed by atoms with Crippen LogP contribution in [0.4, 0.5) is 10.5 Å². The van der Waals surface area contributed by atoms with Crippen molar-refractivity contribution in [2.75, 3.05) is 50.8 Å². The molecular weight excluding hydrogens is 574 g/mol. The van der Waals surface area contributed by atoms with E-state index in [-0.39, 0.29) is 12.1 Å². The molecule has 2 heterocycles. The Kier molecular flexibility index (Phi) is 9.98. The van der Waals surface area contributed by atoms with Crippen molar-refractivity contribution in [3.8, 4) is 5.75 Å². The highest BCUT2D eigenvalue weighted by molar-refractivity contribution is 5.68. The van der Waals surface area contributed by atoms with Gasteiger partial charge in [0, 0.05) is 50.9 Å². The van der Waals surface area contributed by atoms with E-state index in [0.29, 0.717) is 32.2 Å². The maximum absolute atomic E-state index is 12.4. The zero-order chi connectivity index (χ0) is 31.9. The largest absolute Gasteiger partial charge is 0.493 e. The third kappa shape index (κ3) is 8.13. The first kappa shape index (κ1) is 31.7. The Morgan fingerprint density at radius 1 is 0.870 bits per heavy atom. The van der Waals surface area contributed by atoms with E-state index >= 15 is 0 Å². The minimum atomic E-state index is -0.469. The van der Waals surface area contributed by atoms with Gasteiger partial charge in [-0.15, -0.1) is 0 Å². The Morgan fingerprint density at radius 2 is 1.61 bits per heavy atom. The summed E-state index contributed by atoms with van der Waals surface area (Å²) in [5, 5.41) is 0. The van der Waals surface area contributed by atoms with Crippen molar-refractivity contribution in [3.63, 3.8) is 0 Å². The number of carbonyl (C=O) groups is 1. The molecule has 0 saturated carbocycles. The zero-order valence-electron chi connectivity index (χ0n) is 27.4. The van der Waals surface area contributed by atoms with Crippen molar-refractivity contribution < 1.29 is 19.0 Å². The summed E-state index contributed by atoms with van der Waals surface area (Å²) >= 11 is 0. The van der Waals surface area contributed by atoms with Crippen molar-refractivity contribution in [2.45, 2.75) is 51.9 Å². The lowest BCUT2D eigenvalue weighted by atomic mass is 9.81. The molecule has 7 heteroatoms. The summed E-state index contributed by atoms with van der Waals surface area (Å²) in [5.74, 6) is 2.19. The van der Waals surface area contributed by atoms with Gasteiger partial charge in [-0.2, -0.15) is 0 Å². The number of nitrogens with zero attached hydrogens (tertiary/aromatic N) is 3. The molecule has 3 aliphatic rings. The highest BCUT2D eigenvalue weighted by Crippen LogP contribution is 2.42. The molecule has 1 aliphatic carbocycles. The summed E-state index contributed by atoms with van der Waals surface area (Å²) in [6.07, 6.45) is 8.42. The van der Waals surface area contributed by atoms with Gasteiger partial charge in [0.2, 0.25) is 0 Å². The number of hydrogen-bond acceptors (Lipinski definition) is 6. The van der Waals surface area contributed by atoms with Crippen LogP contribution in [0.3, 0.4) is 0 Å². The van der Waals surface area contributed by atoms with Gasteiger partial charge in [-0.1, -0.05) is 60.7 Å². The molecule has 2 aliphatic heterocycles. The second kappa shape index (κ2) is 14.5. The first-order chi connectivity index (χ1) is 22.3. The fraction of sp³-hybridized carbons (Fsp3) is 0.410. The van der Waals surface area contributed by atoms with E-state index in [0.717, 1.165) is 50.5 Å². The zero-order valence-corrected chi connectivity index (χ0v) is 27.4. The predicted octanol–water partition coefficient (Wildman–Crippen LogP) is 7.40. The normalized spacial score (nSPS) is 20.1. The van der Waals surface area contributed by atoms with Gasteiger partial charge in [0.15, 0.2) is 0 Å². The Bertz CT molecular complexity index is 1510. The van der Waals surface area contributed by atoms with E-state index < -0.39 is 5.60 Å². The van der Waals surface area contributed by atoms with E-state index in [4.69, 9.17) is 14.2 Å². The minimum absolute atomic E-state index is 0.223. The molecule has 3 aromatic rings. The fourth-order valence-corrected chi connectivity index (χ4v) is 6.57. The molecule has 242 valence electrons. The Balaban J connectivity index is 1.06. The van der Waals surface area contributed by atoms with Crippen molar-refractivity contribution in [1.29, 1.82) is 0 Å². The molecule has 1 amide bonds. The molecule has 46 heavy (non-hydrogen) atoms. The number of amides is 1. The van der Waals surface area contributed by atoms with Gasteiger partial charge >= 0.3 is 6.09 Å². The fourth-order valence-electron chi connectivity index (χ4n) is 6.57. The van der Waals surface area contributed by atoms with Crippen molar-refractivity contribution in [1.82, 2.24) is 9.80 Å². The first-order valence-electron chi connectivity index (χ1n) is 16.6. The number of piperazine rings is 1. The van der Waals surface area contributed by atoms with Gasteiger partial charge in [-0.3, -0.25) is 4.90 Å². The molecule has 0 spiro atoms. The third-order valence-electron chi connectivity index (χ3n) is 8.93. The van der Waals surface area contributed by atoms with Crippen LogP contribution in [0.15, 0.2) is 103 Å². The van der Waals surface area contributed by atoms with Crippen LogP contribution in [0.1, 0.15) is 49.9 Å². The summed E-state index contributed by atoms with van der Waals surface area (Å²) in [5.41, 5.74) is 4.71. The number of benzene rings is 3. The molecule has 2 unspecified atom stereocenters.